The predicted molar refractivity (Wildman–Crippen MR) is 104 cm³/mol. The van der Waals surface area contributed by atoms with Crippen molar-refractivity contribution < 1.29 is 28.9 Å². The molecule has 0 saturated heterocycles. The van der Waals surface area contributed by atoms with E-state index >= 15 is 0 Å². The van der Waals surface area contributed by atoms with E-state index in [4.69, 9.17) is 19.3 Å². The van der Waals surface area contributed by atoms with Crippen molar-refractivity contribution >= 4 is 11.9 Å². The van der Waals surface area contributed by atoms with Crippen LogP contribution in [0.15, 0.2) is 42.5 Å². The van der Waals surface area contributed by atoms with E-state index in [0.29, 0.717) is 36.0 Å². The van der Waals surface area contributed by atoms with Gasteiger partial charge in [0, 0.05) is 5.56 Å². The van der Waals surface area contributed by atoms with Crippen LogP contribution in [0.2, 0.25) is 0 Å². The molecule has 2 N–H and O–H groups in total. The molecule has 2 aromatic rings. The lowest BCUT2D eigenvalue weighted by Crippen LogP contribution is -2.26. The minimum Gasteiger partial charge on any atom is -0.490 e. The molecule has 0 fully saturated rings. The van der Waals surface area contributed by atoms with E-state index in [0.717, 1.165) is 5.56 Å². The molecule has 1 unspecified atom stereocenters. The predicted octanol–water partition coefficient (Wildman–Crippen LogP) is 3.44. The van der Waals surface area contributed by atoms with Crippen LogP contribution in [-0.2, 0) is 4.79 Å². The van der Waals surface area contributed by atoms with E-state index in [1.807, 2.05) is 20.8 Å². The van der Waals surface area contributed by atoms with Gasteiger partial charge in [-0.15, -0.1) is 0 Å². The standard InChI is InChI=1S/C21H25NO6/c1-4-26-18-11-8-16(12-19(18)27-5-2)21(25)22-14(3)15-6-9-17(10-7-15)28-13-20(23)24/h6-12,14H,4-5,13H2,1-3H3,(H,22,25)(H,23,24). The number of rotatable bonds is 10. The van der Waals surface area contributed by atoms with Crippen molar-refractivity contribution in [3.05, 3.63) is 53.6 Å². The summed E-state index contributed by atoms with van der Waals surface area (Å²) in [4.78, 5) is 23.1. The van der Waals surface area contributed by atoms with Crippen molar-refractivity contribution in [1.82, 2.24) is 5.32 Å². The minimum atomic E-state index is -1.04. The molecular formula is C21H25NO6. The Labute approximate surface area is 164 Å². The molecule has 0 aliphatic carbocycles. The van der Waals surface area contributed by atoms with Crippen LogP contribution in [0.25, 0.3) is 0 Å². The lowest BCUT2D eigenvalue weighted by molar-refractivity contribution is -0.139. The molecule has 28 heavy (non-hydrogen) atoms. The second-order valence-corrected chi connectivity index (χ2v) is 5.97. The van der Waals surface area contributed by atoms with Gasteiger partial charge in [0.2, 0.25) is 0 Å². The third-order valence-electron chi connectivity index (χ3n) is 3.90. The summed E-state index contributed by atoms with van der Waals surface area (Å²) >= 11 is 0. The summed E-state index contributed by atoms with van der Waals surface area (Å²) in [6.07, 6.45) is 0. The van der Waals surface area contributed by atoms with Gasteiger partial charge >= 0.3 is 5.97 Å². The van der Waals surface area contributed by atoms with Crippen LogP contribution >= 0.6 is 0 Å². The fraction of sp³-hybridized carbons (Fsp3) is 0.333. The fourth-order valence-corrected chi connectivity index (χ4v) is 2.55. The van der Waals surface area contributed by atoms with Crippen LogP contribution in [0.4, 0.5) is 0 Å². The van der Waals surface area contributed by atoms with Gasteiger partial charge in [-0.05, 0) is 56.7 Å². The highest BCUT2D eigenvalue weighted by molar-refractivity contribution is 5.95. The number of amides is 1. The number of carboxylic acids is 1. The average molecular weight is 387 g/mol. The molecule has 0 heterocycles. The quantitative estimate of drug-likeness (QED) is 0.649. The van der Waals surface area contributed by atoms with Crippen LogP contribution in [0.5, 0.6) is 17.2 Å². The maximum atomic E-state index is 12.6. The Morgan fingerprint density at radius 1 is 0.964 bits per heavy atom. The highest BCUT2D eigenvalue weighted by atomic mass is 16.5. The van der Waals surface area contributed by atoms with Crippen LogP contribution < -0.4 is 19.5 Å². The summed E-state index contributed by atoms with van der Waals surface area (Å²) in [7, 11) is 0. The summed E-state index contributed by atoms with van der Waals surface area (Å²) in [6.45, 7) is 6.20. The van der Waals surface area contributed by atoms with Crippen LogP contribution in [0.3, 0.4) is 0 Å². The second kappa shape index (κ2) is 10.2. The van der Waals surface area contributed by atoms with E-state index < -0.39 is 12.6 Å². The first kappa shape index (κ1) is 21.1. The Balaban J connectivity index is 2.05. The van der Waals surface area contributed by atoms with Crippen molar-refractivity contribution in [3.63, 3.8) is 0 Å². The zero-order valence-electron chi connectivity index (χ0n) is 16.2. The van der Waals surface area contributed by atoms with Gasteiger partial charge in [0.25, 0.3) is 5.91 Å². The van der Waals surface area contributed by atoms with Crippen molar-refractivity contribution in [2.45, 2.75) is 26.8 Å². The Bertz CT molecular complexity index is 803. The monoisotopic (exact) mass is 387 g/mol. The van der Waals surface area contributed by atoms with E-state index in [1.54, 1.807) is 42.5 Å². The average Bonchev–Trinajstić information content (AvgIpc) is 2.68. The molecule has 0 saturated carbocycles. The largest absolute Gasteiger partial charge is 0.490 e. The molecule has 0 aliphatic heterocycles. The van der Waals surface area contributed by atoms with Gasteiger partial charge < -0.3 is 24.6 Å². The third kappa shape index (κ3) is 5.90. The summed E-state index contributed by atoms with van der Waals surface area (Å²) in [6, 6.07) is 11.7. The molecule has 1 amide bonds. The molecule has 0 aromatic heterocycles. The maximum absolute atomic E-state index is 12.6. The molecule has 150 valence electrons. The lowest BCUT2D eigenvalue weighted by Gasteiger charge is -2.16. The number of ether oxygens (including phenoxy) is 3. The van der Waals surface area contributed by atoms with Gasteiger partial charge in [0.1, 0.15) is 5.75 Å². The summed E-state index contributed by atoms with van der Waals surface area (Å²) in [5, 5.41) is 11.6. The molecule has 7 heteroatoms. The SMILES string of the molecule is CCOc1ccc(C(=O)NC(C)c2ccc(OCC(=O)O)cc2)cc1OCC. The summed E-state index contributed by atoms with van der Waals surface area (Å²) < 4.78 is 16.2. The number of benzene rings is 2. The van der Waals surface area contributed by atoms with Crippen molar-refractivity contribution in [3.8, 4) is 17.2 Å². The van der Waals surface area contributed by atoms with Crippen LogP contribution in [0, 0.1) is 0 Å². The molecular weight excluding hydrogens is 362 g/mol. The summed E-state index contributed by atoms with van der Waals surface area (Å²) in [5.74, 6) is 0.321. The minimum absolute atomic E-state index is 0.234. The van der Waals surface area contributed by atoms with Crippen molar-refractivity contribution in [2.75, 3.05) is 19.8 Å². The summed E-state index contributed by atoms with van der Waals surface area (Å²) in [5.41, 5.74) is 1.34. The number of hydrogen-bond donors (Lipinski definition) is 2. The number of carbonyl (C=O) groups is 2. The molecule has 7 nitrogen and oxygen atoms in total. The molecule has 0 spiro atoms. The first-order chi connectivity index (χ1) is 13.4. The Hall–Kier alpha value is -3.22. The van der Waals surface area contributed by atoms with Gasteiger partial charge in [-0.25, -0.2) is 4.79 Å². The number of nitrogens with one attached hydrogen (secondary N) is 1. The molecule has 0 aliphatic rings. The van der Waals surface area contributed by atoms with Gasteiger partial charge in [-0.1, -0.05) is 12.1 Å². The Morgan fingerprint density at radius 2 is 1.61 bits per heavy atom. The number of hydrogen-bond acceptors (Lipinski definition) is 5. The zero-order chi connectivity index (χ0) is 20.5. The second-order valence-electron chi connectivity index (χ2n) is 5.97. The molecule has 0 radical (unpaired) electrons. The van der Waals surface area contributed by atoms with Crippen LogP contribution in [-0.4, -0.2) is 36.8 Å². The Kier molecular flexibility index (Phi) is 7.68. The fourth-order valence-electron chi connectivity index (χ4n) is 2.55. The highest BCUT2D eigenvalue weighted by Crippen LogP contribution is 2.29. The molecule has 0 bridgehead atoms. The van der Waals surface area contributed by atoms with E-state index in [1.165, 1.54) is 0 Å². The molecule has 2 rings (SSSR count). The van der Waals surface area contributed by atoms with Crippen molar-refractivity contribution in [2.24, 2.45) is 0 Å². The number of carbonyl (C=O) groups excluding carboxylic acids is 1. The maximum Gasteiger partial charge on any atom is 0.341 e. The lowest BCUT2D eigenvalue weighted by atomic mass is 10.1. The van der Waals surface area contributed by atoms with Gasteiger partial charge in [0.05, 0.1) is 19.3 Å². The van der Waals surface area contributed by atoms with E-state index in [9.17, 15) is 9.59 Å². The number of aliphatic carboxylic acids is 1. The first-order valence-electron chi connectivity index (χ1n) is 9.09. The topological polar surface area (TPSA) is 94.1 Å². The highest BCUT2D eigenvalue weighted by Gasteiger charge is 2.15. The number of carboxylic acid groups (broad SMARTS) is 1. The first-order valence-corrected chi connectivity index (χ1v) is 9.09. The third-order valence-corrected chi connectivity index (χ3v) is 3.90. The van der Waals surface area contributed by atoms with Gasteiger partial charge in [0.15, 0.2) is 18.1 Å². The zero-order valence-corrected chi connectivity index (χ0v) is 16.2. The van der Waals surface area contributed by atoms with E-state index in [2.05, 4.69) is 5.32 Å². The smallest absolute Gasteiger partial charge is 0.341 e. The van der Waals surface area contributed by atoms with Crippen LogP contribution in [0.1, 0.15) is 42.7 Å². The Morgan fingerprint density at radius 3 is 2.21 bits per heavy atom. The molecule has 1 atom stereocenters. The normalized spacial score (nSPS) is 11.4. The van der Waals surface area contributed by atoms with Crippen molar-refractivity contribution in [1.29, 1.82) is 0 Å². The van der Waals surface area contributed by atoms with E-state index in [-0.39, 0.29) is 11.9 Å². The van der Waals surface area contributed by atoms with Gasteiger partial charge in [-0.3, -0.25) is 4.79 Å². The van der Waals surface area contributed by atoms with Gasteiger partial charge in [-0.2, -0.15) is 0 Å². The molecule has 2 aromatic carbocycles.